The van der Waals surface area contributed by atoms with Gasteiger partial charge in [0.25, 0.3) is 5.91 Å². The second-order valence-electron chi connectivity index (χ2n) is 6.57. The predicted molar refractivity (Wildman–Crippen MR) is 100 cm³/mol. The van der Waals surface area contributed by atoms with Crippen molar-refractivity contribution in [2.45, 2.75) is 12.6 Å². The number of nitrogens with one attached hydrogen (secondary N) is 1. The van der Waals surface area contributed by atoms with Crippen LogP contribution in [0.2, 0.25) is 0 Å². The van der Waals surface area contributed by atoms with Gasteiger partial charge >= 0.3 is 0 Å². The van der Waals surface area contributed by atoms with E-state index in [-0.39, 0.29) is 12.0 Å². The normalized spacial score (nSPS) is 18.1. The van der Waals surface area contributed by atoms with Crippen LogP contribution in [0.25, 0.3) is 11.0 Å². The zero-order valence-electron chi connectivity index (χ0n) is 14.6. The Kier molecular flexibility index (Phi) is 5.00. The van der Waals surface area contributed by atoms with Gasteiger partial charge in [-0.3, -0.25) is 9.69 Å². The zero-order valence-corrected chi connectivity index (χ0v) is 14.6. The molecule has 1 unspecified atom stereocenters. The molecule has 0 saturated carbocycles. The van der Waals surface area contributed by atoms with Crippen LogP contribution in [0.3, 0.4) is 0 Å². The monoisotopic (exact) mass is 350 g/mol. The van der Waals surface area contributed by atoms with Gasteiger partial charge < -0.3 is 14.5 Å². The number of rotatable bonds is 5. The lowest BCUT2D eigenvalue weighted by molar-refractivity contribution is -0.0293. The minimum atomic E-state index is -0.204. The Labute approximate surface area is 152 Å². The molecule has 1 N–H and O–H groups in total. The number of para-hydroxylation sites is 1. The molecule has 1 aromatic heterocycles. The Hall–Kier alpha value is -2.63. The van der Waals surface area contributed by atoms with E-state index in [1.807, 2.05) is 30.3 Å². The van der Waals surface area contributed by atoms with E-state index in [0.29, 0.717) is 18.9 Å². The smallest absolute Gasteiger partial charge is 0.287 e. The summed E-state index contributed by atoms with van der Waals surface area (Å²) in [7, 11) is 0. The number of amides is 1. The van der Waals surface area contributed by atoms with Gasteiger partial charge in [0.15, 0.2) is 5.76 Å². The molecule has 2 aromatic carbocycles. The van der Waals surface area contributed by atoms with Crippen molar-refractivity contribution in [2.24, 2.45) is 0 Å². The van der Waals surface area contributed by atoms with Crippen LogP contribution in [0.5, 0.6) is 0 Å². The van der Waals surface area contributed by atoms with Crippen molar-refractivity contribution in [3.8, 4) is 0 Å². The van der Waals surface area contributed by atoms with Crippen LogP contribution < -0.4 is 5.32 Å². The van der Waals surface area contributed by atoms with Crippen LogP contribution in [0.4, 0.5) is 0 Å². The fourth-order valence-corrected chi connectivity index (χ4v) is 3.28. The Balaban J connectivity index is 1.31. The van der Waals surface area contributed by atoms with Gasteiger partial charge in [0, 0.05) is 31.6 Å². The number of morpholine rings is 1. The molecule has 4 rings (SSSR count). The zero-order chi connectivity index (χ0) is 17.8. The lowest BCUT2D eigenvalue weighted by atomic mass is 10.2. The van der Waals surface area contributed by atoms with Gasteiger partial charge in [-0.15, -0.1) is 0 Å². The fraction of sp³-hybridized carbons (Fsp3) is 0.286. The summed E-state index contributed by atoms with van der Waals surface area (Å²) in [5.74, 6) is 0.133. The van der Waals surface area contributed by atoms with Crippen LogP contribution in [-0.2, 0) is 11.3 Å². The lowest BCUT2D eigenvalue weighted by Gasteiger charge is -2.33. The summed E-state index contributed by atoms with van der Waals surface area (Å²) in [6.07, 6.45) is -0.0132. The van der Waals surface area contributed by atoms with Crippen LogP contribution in [0.1, 0.15) is 16.1 Å². The second-order valence-corrected chi connectivity index (χ2v) is 6.57. The van der Waals surface area contributed by atoms with Gasteiger partial charge in [-0.1, -0.05) is 48.5 Å². The first kappa shape index (κ1) is 16.8. The van der Waals surface area contributed by atoms with E-state index in [2.05, 4.69) is 34.5 Å². The van der Waals surface area contributed by atoms with E-state index in [1.165, 1.54) is 5.56 Å². The third-order valence-corrected chi connectivity index (χ3v) is 4.61. The van der Waals surface area contributed by atoms with Crippen molar-refractivity contribution in [3.05, 3.63) is 72.0 Å². The summed E-state index contributed by atoms with van der Waals surface area (Å²) in [4.78, 5) is 14.7. The van der Waals surface area contributed by atoms with Crippen LogP contribution in [0, 0.1) is 0 Å². The van der Waals surface area contributed by atoms with E-state index >= 15 is 0 Å². The van der Waals surface area contributed by atoms with Gasteiger partial charge in [0.2, 0.25) is 0 Å². The van der Waals surface area contributed by atoms with Gasteiger partial charge in [-0.05, 0) is 17.7 Å². The predicted octanol–water partition coefficient (Wildman–Crippen LogP) is 3.06. The molecule has 0 radical (unpaired) electrons. The SMILES string of the molecule is O=C(NCC1CN(Cc2ccccc2)CCO1)c1cc2ccccc2o1. The average molecular weight is 350 g/mol. The molecule has 134 valence electrons. The highest BCUT2D eigenvalue weighted by atomic mass is 16.5. The Morgan fingerprint density at radius 1 is 1.12 bits per heavy atom. The number of nitrogens with zero attached hydrogens (tertiary/aromatic N) is 1. The Morgan fingerprint density at radius 3 is 2.77 bits per heavy atom. The number of hydrogen-bond acceptors (Lipinski definition) is 4. The van der Waals surface area contributed by atoms with E-state index in [4.69, 9.17) is 9.15 Å². The number of fused-ring (bicyclic) bond motifs is 1. The molecule has 1 aliphatic heterocycles. The number of benzene rings is 2. The second kappa shape index (κ2) is 7.72. The molecule has 1 aliphatic rings. The topological polar surface area (TPSA) is 54.7 Å². The molecule has 1 fully saturated rings. The molecule has 5 nitrogen and oxygen atoms in total. The molecule has 1 saturated heterocycles. The van der Waals surface area contributed by atoms with Crippen LogP contribution in [-0.4, -0.2) is 43.2 Å². The van der Waals surface area contributed by atoms with Gasteiger partial charge in [-0.25, -0.2) is 0 Å². The Morgan fingerprint density at radius 2 is 1.92 bits per heavy atom. The van der Waals surface area contributed by atoms with E-state index in [0.717, 1.165) is 30.6 Å². The first-order chi connectivity index (χ1) is 12.8. The highest BCUT2D eigenvalue weighted by Crippen LogP contribution is 2.18. The van der Waals surface area contributed by atoms with Crippen molar-refractivity contribution >= 4 is 16.9 Å². The van der Waals surface area contributed by atoms with Crippen molar-refractivity contribution in [1.82, 2.24) is 10.2 Å². The minimum absolute atomic E-state index is 0.0132. The van der Waals surface area contributed by atoms with Crippen LogP contribution >= 0.6 is 0 Å². The number of carbonyl (C=O) groups excluding carboxylic acids is 1. The van der Waals surface area contributed by atoms with E-state index in [1.54, 1.807) is 6.07 Å². The van der Waals surface area contributed by atoms with Gasteiger partial charge in [-0.2, -0.15) is 0 Å². The summed E-state index contributed by atoms with van der Waals surface area (Å²) in [6, 6.07) is 19.8. The maximum absolute atomic E-state index is 12.4. The average Bonchev–Trinajstić information content (AvgIpc) is 3.12. The van der Waals surface area contributed by atoms with Crippen molar-refractivity contribution in [3.63, 3.8) is 0 Å². The molecule has 0 bridgehead atoms. The highest BCUT2D eigenvalue weighted by Gasteiger charge is 2.22. The Bertz CT molecular complexity index is 842. The molecular formula is C21H22N2O3. The van der Waals surface area contributed by atoms with Crippen LogP contribution in [0.15, 0.2) is 65.1 Å². The molecular weight excluding hydrogens is 328 g/mol. The molecule has 3 aromatic rings. The minimum Gasteiger partial charge on any atom is -0.451 e. The summed E-state index contributed by atoms with van der Waals surface area (Å²) in [6.45, 7) is 3.76. The lowest BCUT2D eigenvalue weighted by Crippen LogP contribution is -2.47. The van der Waals surface area contributed by atoms with Crippen molar-refractivity contribution in [2.75, 3.05) is 26.2 Å². The molecule has 0 spiro atoms. The summed E-state index contributed by atoms with van der Waals surface area (Å²) in [5.41, 5.74) is 2.01. The van der Waals surface area contributed by atoms with Gasteiger partial charge in [0.1, 0.15) is 5.58 Å². The van der Waals surface area contributed by atoms with Crippen molar-refractivity contribution < 1.29 is 13.9 Å². The van der Waals surface area contributed by atoms with E-state index in [9.17, 15) is 4.79 Å². The maximum Gasteiger partial charge on any atom is 0.287 e. The van der Waals surface area contributed by atoms with Gasteiger partial charge in [0.05, 0.1) is 12.7 Å². The first-order valence-corrected chi connectivity index (χ1v) is 8.92. The number of hydrogen-bond donors (Lipinski definition) is 1. The largest absolute Gasteiger partial charge is 0.451 e. The number of ether oxygens (including phenoxy) is 1. The standard InChI is InChI=1S/C21H22N2O3/c24-21(20-12-17-8-4-5-9-19(17)26-20)22-13-18-15-23(10-11-25-18)14-16-6-2-1-3-7-16/h1-9,12,18H,10-11,13-15H2,(H,22,24). The molecule has 0 aliphatic carbocycles. The molecule has 1 atom stereocenters. The quantitative estimate of drug-likeness (QED) is 0.768. The molecule has 26 heavy (non-hydrogen) atoms. The van der Waals surface area contributed by atoms with E-state index < -0.39 is 0 Å². The number of furan rings is 1. The number of carbonyl (C=O) groups is 1. The first-order valence-electron chi connectivity index (χ1n) is 8.92. The van der Waals surface area contributed by atoms with Crippen molar-refractivity contribution in [1.29, 1.82) is 0 Å². The molecule has 1 amide bonds. The fourth-order valence-electron chi connectivity index (χ4n) is 3.28. The molecule has 2 heterocycles. The summed E-state index contributed by atoms with van der Waals surface area (Å²) >= 11 is 0. The molecule has 5 heteroatoms. The summed E-state index contributed by atoms with van der Waals surface area (Å²) in [5, 5.41) is 3.86. The highest BCUT2D eigenvalue weighted by molar-refractivity contribution is 5.96. The third-order valence-electron chi connectivity index (χ3n) is 4.61. The maximum atomic E-state index is 12.4. The summed E-state index contributed by atoms with van der Waals surface area (Å²) < 4.78 is 11.4. The third kappa shape index (κ3) is 3.95.